The highest BCUT2D eigenvalue weighted by Gasteiger charge is 2.22. The minimum atomic E-state index is -1.06. The van der Waals surface area contributed by atoms with Crippen LogP contribution in [-0.2, 0) is 20.7 Å². The van der Waals surface area contributed by atoms with Crippen molar-refractivity contribution < 1.29 is 23.1 Å². The number of unbranched alkanes of at least 4 members (excludes halogenated alkanes) is 3. The van der Waals surface area contributed by atoms with Crippen molar-refractivity contribution in [1.82, 2.24) is 5.32 Å². The predicted molar refractivity (Wildman–Crippen MR) is 99.7 cm³/mol. The number of esters is 1. The van der Waals surface area contributed by atoms with E-state index in [-0.39, 0.29) is 18.6 Å². The number of benzene rings is 1. The van der Waals surface area contributed by atoms with E-state index in [1.54, 1.807) is 6.08 Å². The Labute approximate surface area is 159 Å². The van der Waals surface area contributed by atoms with Crippen molar-refractivity contribution in [3.05, 3.63) is 47.5 Å². The molecule has 0 aliphatic heterocycles. The van der Waals surface area contributed by atoms with Crippen molar-refractivity contribution in [1.29, 1.82) is 0 Å². The first kappa shape index (κ1) is 22.4. The van der Waals surface area contributed by atoms with Crippen LogP contribution in [0.5, 0.6) is 0 Å². The van der Waals surface area contributed by atoms with Crippen LogP contribution in [0.25, 0.3) is 0 Å². The third-order valence-corrected chi connectivity index (χ3v) is 3.67. The van der Waals surface area contributed by atoms with Crippen molar-refractivity contribution in [2.75, 3.05) is 6.61 Å². The highest BCUT2D eigenvalue weighted by molar-refractivity contribution is 5.91. The van der Waals surface area contributed by atoms with Crippen LogP contribution in [0, 0.1) is 24.0 Å². The Bertz CT molecular complexity index is 675. The minimum absolute atomic E-state index is 0.0861. The molecule has 146 valence electrons. The minimum Gasteiger partial charge on any atom is -0.464 e. The van der Waals surface area contributed by atoms with E-state index in [0.29, 0.717) is 12.8 Å². The fourth-order valence-electron chi connectivity index (χ4n) is 2.34. The summed E-state index contributed by atoms with van der Waals surface area (Å²) in [4.78, 5) is 24.3. The number of ether oxygens (including phenoxy) is 1. The van der Waals surface area contributed by atoms with Gasteiger partial charge in [0, 0.05) is 18.9 Å². The Morgan fingerprint density at radius 3 is 2.59 bits per heavy atom. The Kier molecular flexibility index (Phi) is 10.5. The molecule has 0 unspecified atom stereocenters. The van der Waals surface area contributed by atoms with Crippen molar-refractivity contribution in [2.45, 2.75) is 51.5 Å². The summed E-state index contributed by atoms with van der Waals surface area (Å²) in [5.41, 5.74) is 0.244. The number of hydrogen-bond acceptors (Lipinski definition) is 3. The van der Waals surface area contributed by atoms with Crippen LogP contribution in [0.2, 0.25) is 0 Å². The lowest BCUT2D eigenvalue weighted by atomic mass is 10.1. The largest absolute Gasteiger partial charge is 0.464 e. The smallest absolute Gasteiger partial charge is 0.328 e. The van der Waals surface area contributed by atoms with Gasteiger partial charge < -0.3 is 10.1 Å². The maximum absolute atomic E-state index is 13.4. The molecular formula is C21H25F2NO3. The summed E-state index contributed by atoms with van der Waals surface area (Å²) < 4.78 is 31.9. The van der Waals surface area contributed by atoms with E-state index in [1.165, 1.54) is 6.08 Å². The molecule has 0 aliphatic carbocycles. The number of halogens is 2. The number of amides is 1. The number of hydrogen-bond donors (Lipinski definition) is 1. The maximum Gasteiger partial charge on any atom is 0.328 e. The topological polar surface area (TPSA) is 55.4 Å². The second kappa shape index (κ2) is 12.6. The van der Waals surface area contributed by atoms with Gasteiger partial charge in [0.15, 0.2) is 0 Å². The first-order chi connectivity index (χ1) is 13.0. The Balaban J connectivity index is 2.78. The second-order valence-corrected chi connectivity index (χ2v) is 6.06. The number of rotatable bonds is 11. The Morgan fingerprint density at radius 1 is 1.26 bits per heavy atom. The van der Waals surface area contributed by atoms with Crippen molar-refractivity contribution in [2.24, 2.45) is 0 Å². The lowest BCUT2D eigenvalue weighted by Gasteiger charge is -2.17. The molecule has 0 saturated heterocycles. The van der Waals surface area contributed by atoms with E-state index in [4.69, 9.17) is 11.2 Å². The van der Waals surface area contributed by atoms with Gasteiger partial charge in [-0.25, -0.2) is 13.6 Å². The van der Waals surface area contributed by atoms with E-state index >= 15 is 0 Å². The molecule has 1 atom stereocenters. The monoisotopic (exact) mass is 377 g/mol. The van der Waals surface area contributed by atoms with Gasteiger partial charge in [-0.3, -0.25) is 4.79 Å². The average Bonchev–Trinajstić information content (AvgIpc) is 2.61. The fraction of sp³-hybridized carbons (Fsp3) is 0.429. The van der Waals surface area contributed by atoms with Crippen molar-refractivity contribution in [3.8, 4) is 12.3 Å². The molecule has 0 saturated carbocycles. The zero-order chi connectivity index (χ0) is 20.1. The lowest BCUT2D eigenvalue weighted by Crippen LogP contribution is -2.42. The van der Waals surface area contributed by atoms with Gasteiger partial charge in [0.1, 0.15) is 17.7 Å². The molecule has 0 radical (unpaired) electrons. The van der Waals surface area contributed by atoms with Crippen LogP contribution in [0.4, 0.5) is 8.78 Å². The molecule has 0 heterocycles. The predicted octanol–water partition coefficient (Wildman–Crippen LogP) is 3.70. The summed E-state index contributed by atoms with van der Waals surface area (Å²) in [7, 11) is 0. The molecule has 6 heteroatoms. The first-order valence-corrected chi connectivity index (χ1v) is 8.98. The van der Waals surface area contributed by atoms with Gasteiger partial charge in [-0.2, -0.15) is 0 Å². The molecule has 1 amide bonds. The number of allylic oxidation sites excluding steroid dienone is 1. The number of nitrogens with one attached hydrogen (secondary N) is 1. The molecule has 1 aromatic carbocycles. The molecule has 0 aromatic heterocycles. The molecule has 0 fully saturated rings. The summed E-state index contributed by atoms with van der Waals surface area (Å²) in [5, 5.41) is 2.54. The third-order valence-electron chi connectivity index (χ3n) is 3.67. The van der Waals surface area contributed by atoms with Gasteiger partial charge in [-0.05, 0) is 36.6 Å². The van der Waals surface area contributed by atoms with Crippen molar-refractivity contribution in [3.63, 3.8) is 0 Å². The SMILES string of the molecule is C#CCCCOC(=O)[C@H](Cc1cc(F)cc(F)c1)NC(=O)/C=C/CCCC. The third kappa shape index (κ3) is 9.55. The molecule has 0 aliphatic rings. The van der Waals surface area contributed by atoms with Gasteiger partial charge in [-0.1, -0.05) is 25.8 Å². The summed E-state index contributed by atoms with van der Waals surface area (Å²) in [6, 6.07) is 1.92. The molecule has 1 aromatic rings. The highest BCUT2D eigenvalue weighted by Crippen LogP contribution is 2.11. The molecule has 1 rings (SSSR count). The number of terminal acetylenes is 1. The molecule has 0 spiro atoms. The number of carbonyl (C=O) groups excluding carboxylic acids is 2. The first-order valence-electron chi connectivity index (χ1n) is 8.98. The standard InChI is InChI=1S/C21H25F2NO3/c1-3-5-7-8-10-20(25)24-19(21(26)27-11-9-6-4-2)14-16-12-17(22)15-18(23)13-16/h2,8,10,12-13,15,19H,3,5-7,9,11,14H2,1H3,(H,24,25)/b10-8+/t19-/m0/s1. The highest BCUT2D eigenvalue weighted by atomic mass is 19.1. The lowest BCUT2D eigenvalue weighted by molar-refractivity contribution is -0.147. The van der Waals surface area contributed by atoms with E-state index in [9.17, 15) is 18.4 Å². The maximum atomic E-state index is 13.4. The summed E-state index contributed by atoms with van der Waals surface area (Å²) in [5.74, 6) is -0.209. The average molecular weight is 377 g/mol. The summed E-state index contributed by atoms with van der Waals surface area (Å²) >= 11 is 0. The van der Waals surface area contributed by atoms with E-state index in [2.05, 4.69) is 11.2 Å². The Morgan fingerprint density at radius 2 is 1.96 bits per heavy atom. The van der Waals surface area contributed by atoms with E-state index < -0.39 is 29.6 Å². The summed E-state index contributed by atoms with van der Waals surface area (Å²) in [6.07, 6.45) is 11.8. The van der Waals surface area contributed by atoms with Crippen LogP contribution < -0.4 is 5.32 Å². The van der Waals surface area contributed by atoms with Crippen LogP contribution in [0.15, 0.2) is 30.4 Å². The van der Waals surface area contributed by atoms with Crippen LogP contribution in [0.3, 0.4) is 0 Å². The molecule has 27 heavy (non-hydrogen) atoms. The Hall–Kier alpha value is -2.68. The van der Waals surface area contributed by atoms with Crippen LogP contribution in [-0.4, -0.2) is 24.5 Å². The second-order valence-electron chi connectivity index (χ2n) is 6.06. The van der Waals surface area contributed by atoms with Gasteiger partial charge in [0.25, 0.3) is 0 Å². The molecule has 1 N–H and O–H groups in total. The van der Waals surface area contributed by atoms with Gasteiger partial charge in [-0.15, -0.1) is 12.3 Å². The van der Waals surface area contributed by atoms with Gasteiger partial charge >= 0.3 is 5.97 Å². The molecular weight excluding hydrogens is 352 g/mol. The van der Waals surface area contributed by atoms with Crippen molar-refractivity contribution >= 4 is 11.9 Å². The molecule has 4 nitrogen and oxygen atoms in total. The zero-order valence-corrected chi connectivity index (χ0v) is 15.5. The normalized spacial score (nSPS) is 11.8. The van der Waals surface area contributed by atoms with Gasteiger partial charge in [0.05, 0.1) is 6.61 Å². The van der Waals surface area contributed by atoms with Gasteiger partial charge in [0.2, 0.25) is 5.91 Å². The van der Waals surface area contributed by atoms with E-state index in [0.717, 1.165) is 37.5 Å². The zero-order valence-electron chi connectivity index (χ0n) is 15.5. The van der Waals surface area contributed by atoms with Crippen LogP contribution in [0.1, 0.15) is 44.6 Å². The summed E-state index contributed by atoms with van der Waals surface area (Å²) in [6.45, 7) is 2.15. The quantitative estimate of drug-likeness (QED) is 0.277. The number of carbonyl (C=O) groups is 2. The molecule has 0 bridgehead atoms. The van der Waals surface area contributed by atoms with Crippen LogP contribution >= 0.6 is 0 Å². The fourth-order valence-corrected chi connectivity index (χ4v) is 2.34. The van der Waals surface area contributed by atoms with E-state index in [1.807, 2.05) is 6.92 Å².